The number of pyridine rings is 1. The van der Waals surface area contributed by atoms with E-state index in [9.17, 15) is 9.59 Å². The highest BCUT2D eigenvalue weighted by Crippen LogP contribution is 2.38. The lowest BCUT2D eigenvalue weighted by molar-refractivity contribution is -0.117. The number of fused-ring (bicyclic) bond motifs is 1. The van der Waals surface area contributed by atoms with Crippen molar-refractivity contribution < 1.29 is 14.3 Å². The second-order valence-corrected chi connectivity index (χ2v) is 13.8. The number of rotatable bonds is 5. The van der Waals surface area contributed by atoms with Crippen LogP contribution in [0.5, 0.6) is 0 Å². The number of amides is 1. The molecule has 43 heavy (non-hydrogen) atoms. The molecule has 226 valence electrons. The monoisotopic (exact) mass is 582 g/mol. The average molecular weight is 583 g/mol. The van der Waals surface area contributed by atoms with Gasteiger partial charge in [-0.2, -0.15) is 5.10 Å². The molecule has 4 aromatic rings. The van der Waals surface area contributed by atoms with Crippen LogP contribution in [-0.4, -0.2) is 50.0 Å². The van der Waals surface area contributed by atoms with Gasteiger partial charge in [-0.25, -0.2) is 9.36 Å². The molecular weight excluding hydrogens is 540 g/mol. The lowest BCUT2D eigenvalue weighted by atomic mass is 10.1. The van der Waals surface area contributed by atoms with E-state index in [1.54, 1.807) is 17.0 Å². The van der Waals surface area contributed by atoms with Gasteiger partial charge < -0.3 is 15.0 Å². The lowest BCUT2D eigenvalue weighted by Crippen LogP contribution is -2.29. The van der Waals surface area contributed by atoms with Crippen molar-refractivity contribution in [3.05, 3.63) is 48.8 Å². The molecule has 0 bridgehead atoms. The average Bonchev–Trinajstić information content (AvgIpc) is 3.57. The Morgan fingerprint density at radius 2 is 1.67 bits per heavy atom. The first-order chi connectivity index (χ1) is 20.4. The normalized spacial score (nSPS) is 16.0. The maximum Gasteiger partial charge on any atom is 0.419 e. The van der Waals surface area contributed by atoms with E-state index in [4.69, 9.17) is 9.84 Å². The molecule has 4 heterocycles. The maximum atomic E-state index is 13.8. The third-order valence-electron chi connectivity index (χ3n) is 7.95. The summed E-state index contributed by atoms with van der Waals surface area (Å²) in [5.74, 6) is 0.135. The Bertz CT molecular complexity index is 1680. The van der Waals surface area contributed by atoms with Crippen molar-refractivity contribution in [1.82, 2.24) is 19.3 Å². The van der Waals surface area contributed by atoms with Crippen molar-refractivity contribution in [3.8, 4) is 22.6 Å². The molecular formula is C34H42N6O3. The van der Waals surface area contributed by atoms with E-state index in [1.807, 2.05) is 49.7 Å². The van der Waals surface area contributed by atoms with Gasteiger partial charge >= 0.3 is 6.09 Å². The van der Waals surface area contributed by atoms with Crippen LogP contribution < -0.4 is 10.2 Å². The van der Waals surface area contributed by atoms with Gasteiger partial charge in [-0.3, -0.25) is 14.5 Å². The Labute approximate surface area is 253 Å². The van der Waals surface area contributed by atoms with Gasteiger partial charge in [-0.05, 0) is 104 Å². The van der Waals surface area contributed by atoms with Crippen LogP contribution in [0.2, 0.25) is 0 Å². The van der Waals surface area contributed by atoms with E-state index in [1.165, 1.54) is 6.42 Å². The number of anilines is 2. The van der Waals surface area contributed by atoms with E-state index in [0.717, 1.165) is 66.6 Å². The summed E-state index contributed by atoms with van der Waals surface area (Å²) in [4.78, 5) is 33.1. The molecule has 1 N–H and O–H groups in total. The summed E-state index contributed by atoms with van der Waals surface area (Å²) in [6.07, 6.45) is 8.44. The number of carbonyl (C=O) groups is 2. The Morgan fingerprint density at radius 3 is 2.35 bits per heavy atom. The highest BCUT2D eigenvalue weighted by Gasteiger charge is 2.31. The fraction of sp³-hybridized carbons (Fsp3) is 0.471. The number of hydrogen-bond donors (Lipinski definition) is 1. The van der Waals surface area contributed by atoms with Crippen molar-refractivity contribution in [2.75, 3.05) is 23.3 Å². The fourth-order valence-electron chi connectivity index (χ4n) is 5.78. The molecule has 1 amide bonds. The number of piperidine rings is 1. The standard InChI is InChI=1S/C34H42N6O3/c1-33(2,3)40-29(23-17-24(21-35-20-23)36-31(41)22-13-14-22)19-26(37-40)30-18-25-27(38-15-8-7-9-16-38)11-10-12-28(25)39(30)32(42)43-34(4,5)6/h10-12,17-22H,7-9,13-16H2,1-6H3,(H,36,41). The third-order valence-corrected chi connectivity index (χ3v) is 7.95. The van der Waals surface area contributed by atoms with Crippen LogP contribution in [-0.2, 0) is 15.1 Å². The van der Waals surface area contributed by atoms with E-state index >= 15 is 0 Å². The van der Waals surface area contributed by atoms with Crippen LogP contribution in [0.25, 0.3) is 33.5 Å². The molecule has 0 unspecified atom stereocenters. The van der Waals surface area contributed by atoms with Gasteiger partial charge in [0.25, 0.3) is 0 Å². The van der Waals surface area contributed by atoms with Crippen LogP contribution in [0, 0.1) is 5.92 Å². The Hall–Kier alpha value is -4.14. The summed E-state index contributed by atoms with van der Waals surface area (Å²) in [5, 5.41) is 9.11. The molecule has 1 aliphatic carbocycles. The number of nitrogens with one attached hydrogen (secondary N) is 1. The minimum atomic E-state index is -0.664. The summed E-state index contributed by atoms with van der Waals surface area (Å²) in [5.41, 5.74) is 4.54. The fourth-order valence-corrected chi connectivity index (χ4v) is 5.78. The van der Waals surface area contributed by atoms with Gasteiger partial charge in [0.05, 0.1) is 34.3 Å². The van der Waals surface area contributed by atoms with Crippen molar-refractivity contribution in [2.45, 2.75) is 84.8 Å². The smallest absolute Gasteiger partial charge is 0.419 e. The van der Waals surface area contributed by atoms with E-state index in [-0.39, 0.29) is 17.4 Å². The summed E-state index contributed by atoms with van der Waals surface area (Å²) in [6.45, 7) is 13.9. The van der Waals surface area contributed by atoms with Crippen LogP contribution >= 0.6 is 0 Å². The molecule has 2 aliphatic rings. The third kappa shape index (κ3) is 6.03. The lowest BCUT2D eigenvalue weighted by Gasteiger charge is -2.29. The van der Waals surface area contributed by atoms with E-state index < -0.39 is 11.7 Å². The van der Waals surface area contributed by atoms with E-state index in [0.29, 0.717) is 17.1 Å². The molecule has 9 nitrogen and oxygen atoms in total. The molecule has 0 radical (unpaired) electrons. The molecule has 1 saturated heterocycles. The zero-order chi connectivity index (χ0) is 30.5. The van der Waals surface area contributed by atoms with Crippen LogP contribution in [0.3, 0.4) is 0 Å². The van der Waals surface area contributed by atoms with Crippen molar-refractivity contribution in [3.63, 3.8) is 0 Å². The first-order valence-corrected chi connectivity index (χ1v) is 15.4. The van der Waals surface area contributed by atoms with Crippen molar-refractivity contribution in [1.29, 1.82) is 0 Å². The summed E-state index contributed by atoms with van der Waals surface area (Å²) < 4.78 is 9.56. The van der Waals surface area contributed by atoms with Crippen molar-refractivity contribution in [2.24, 2.45) is 5.92 Å². The van der Waals surface area contributed by atoms with Gasteiger partial charge in [0.1, 0.15) is 11.3 Å². The zero-order valence-electron chi connectivity index (χ0n) is 26.1. The summed E-state index contributed by atoms with van der Waals surface area (Å²) in [6, 6.07) is 12.2. The van der Waals surface area contributed by atoms with Gasteiger partial charge in [-0.15, -0.1) is 0 Å². The number of benzene rings is 1. The maximum absolute atomic E-state index is 13.8. The number of aromatic nitrogens is 4. The topological polar surface area (TPSA) is 94.3 Å². The minimum absolute atomic E-state index is 0.0374. The largest absolute Gasteiger partial charge is 0.443 e. The molecule has 1 saturated carbocycles. The molecule has 0 atom stereocenters. The highest BCUT2D eigenvalue weighted by molar-refractivity contribution is 6.02. The summed E-state index contributed by atoms with van der Waals surface area (Å²) in [7, 11) is 0. The Kier molecular flexibility index (Phi) is 7.30. The molecule has 9 heteroatoms. The zero-order valence-corrected chi connectivity index (χ0v) is 26.1. The molecule has 1 aliphatic heterocycles. The van der Waals surface area contributed by atoms with Gasteiger partial charge in [0, 0.05) is 41.8 Å². The van der Waals surface area contributed by atoms with Crippen LogP contribution in [0.15, 0.2) is 48.8 Å². The number of hydrogen-bond acceptors (Lipinski definition) is 6. The molecule has 2 fully saturated rings. The molecule has 1 aromatic carbocycles. The predicted molar refractivity (Wildman–Crippen MR) is 170 cm³/mol. The quantitative estimate of drug-likeness (QED) is 0.263. The predicted octanol–water partition coefficient (Wildman–Crippen LogP) is 7.44. The highest BCUT2D eigenvalue weighted by atomic mass is 16.6. The second-order valence-electron chi connectivity index (χ2n) is 13.8. The molecule has 6 rings (SSSR count). The first kappa shape index (κ1) is 29.0. The number of carbonyl (C=O) groups excluding carboxylic acids is 2. The second kappa shape index (κ2) is 10.8. The van der Waals surface area contributed by atoms with Crippen LogP contribution in [0.4, 0.5) is 16.2 Å². The van der Waals surface area contributed by atoms with E-state index in [2.05, 4.69) is 48.1 Å². The van der Waals surface area contributed by atoms with Gasteiger partial charge in [-0.1, -0.05) is 6.07 Å². The molecule has 3 aromatic heterocycles. The van der Waals surface area contributed by atoms with Crippen LogP contribution in [0.1, 0.15) is 73.6 Å². The SMILES string of the molecule is CC(C)(C)OC(=O)n1c(-c2cc(-c3cncc(NC(=O)C4CC4)c3)n(C(C)(C)C)n2)cc2c(N3CCCCC3)cccc21. The first-order valence-electron chi connectivity index (χ1n) is 15.4. The van der Waals surface area contributed by atoms with Crippen molar-refractivity contribution >= 4 is 34.3 Å². The van der Waals surface area contributed by atoms with Gasteiger partial charge in [0.15, 0.2) is 0 Å². The summed E-state index contributed by atoms with van der Waals surface area (Å²) >= 11 is 0. The Morgan fingerprint density at radius 1 is 0.930 bits per heavy atom. The number of ether oxygens (including phenoxy) is 1. The Balaban J connectivity index is 1.50. The number of nitrogens with zero attached hydrogens (tertiary/aromatic N) is 5. The van der Waals surface area contributed by atoms with Gasteiger partial charge in [0.2, 0.25) is 5.91 Å². The molecule has 0 spiro atoms. The minimum Gasteiger partial charge on any atom is -0.443 e.